The molecule has 1 amide bonds. The number of carbonyl (C=O) groups is 2. The Morgan fingerprint density at radius 1 is 1.00 bits per heavy atom. The first-order chi connectivity index (χ1) is 13.3. The Bertz CT molecular complexity index is 879. The predicted molar refractivity (Wildman–Crippen MR) is 104 cm³/mol. The number of benzene rings is 1. The van der Waals surface area contributed by atoms with Crippen LogP contribution in [-0.4, -0.2) is 44.8 Å². The van der Waals surface area contributed by atoms with Crippen LogP contribution in [0.2, 0.25) is 10.0 Å². The highest BCUT2D eigenvalue weighted by molar-refractivity contribution is 6.36. The van der Waals surface area contributed by atoms with E-state index < -0.39 is 18.5 Å². The second-order valence-corrected chi connectivity index (χ2v) is 6.24. The number of methoxy groups -OCH3 is 3. The Morgan fingerprint density at radius 2 is 1.61 bits per heavy atom. The monoisotopic (exact) mass is 428 g/mol. The fourth-order valence-corrected chi connectivity index (χ4v) is 2.63. The van der Waals surface area contributed by atoms with E-state index in [2.05, 4.69) is 10.3 Å². The molecule has 1 aromatic carbocycles. The van der Waals surface area contributed by atoms with Gasteiger partial charge >= 0.3 is 5.97 Å². The van der Waals surface area contributed by atoms with Gasteiger partial charge in [-0.25, -0.2) is 9.78 Å². The van der Waals surface area contributed by atoms with Crippen LogP contribution in [-0.2, 0) is 9.53 Å². The number of aromatic nitrogens is 1. The van der Waals surface area contributed by atoms with Gasteiger partial charge in [0.15, 0.2) is 23.9 Å². The topological polar surface area (TPSA) is 96.0 Å². The summed E-state index contributed by atoms with van der Waals surface area (Å²) < 4.78 is 20.6. The summed E-state index contributed by atoms with van der Waals surface area (Å²) in [5.74, 6) is -0.343. The van der Waals surface area contributed by atoms with Gasteiger partial charge in [-0.05, 0) is 25.1 Å². The molecule has 0 saturated carbocycles. The summed E-state index contributed by atoms with van der Waals surface area (Å²) in [5.41, 5.74) is 0.622. The van der Waals surface area contributed by atoms with Crippen molar-refractivity contribution in [1.82, 2.24) is 4.98 Å². The smallest absolute Gasteiger partial charge is 0.338 e. The molecule has 10 heteroatoms. The Kier molecular flexibility index (Phi) is 7.31. The molecule has 8 nitrogen and oxygen atoms in total. The minimum atomic E-state index is -0.749. The van der Waals surface area contributed by atoms with E-state index in [1.54, 1.807) is 6.92 Å². The van der Waals surface area contributed by atoms with Gasteiger partial charge in [0.05, 0.1) is 42.6 Å². The second-order valence-electron chi connectivity index (χ2n) is 5.42. The van der Waals surface area contributed by atoms with Crippen LogP contribution in [0, 0.1) is 6.92 Å². The number of anilines is 1. The van der Waals surface area contributed by atoms with E-state index in [1.165, 1.54) is 39.5 Å². The Morgan fingerprint density at radius 3 is 2.14 bits per heavy atom. The highest BCUT2D eigenvalue weighted by atomic mass is 35.5. The van der Waals surface area contributed by atoms with Gasteiger partial charge in [0.25, 0.3) is 5.91 Å². The fourth-order valence-electron chi connectivity index (χ4n) is 2.23. The molecule has 1 N–H and O–H groups in total. The van der Waals surface area contributed by atoms with Gasteiger partial charge < -0.3 is 24.3 Å². The van der Waals surface area contributed by atoms with Crippen LogP contribution in [0.3, 0.4) is 0 Å². The predicted octanol–water partition coefficient (Wildman–Crippen LogP) is 3.52. The molecule has 1 aromatic heterocycles. The molecule has 0 atom stereocenters. The Balaban J connectivity index is 2.08. The van der Waals surface area contributed by atoms with Crippen LogP contribution in [0.5, 0.6) is 17.2 Å². The highest BCUT2D eigenvalue weighted by Gasteiger charge is 2.19. The SMILES string of the molecule is COc1cc(C(=O)OCC(=O)Nc2nc(C)c(Cl)cc2Cl)cc(OC)c1OC. The van der Waals surface area contributed by atoms with E-state index in [-0.39, 0.29) is 27.9 Å². The molecule has 0 aliphatic rings. The van der Waals surface area contributed by atoms with Crippen molar-refractivity contribution in [2.24, 2.45) is 0 Å². The van der Waals surface area contributed by atoms with Crippen molar-refractivity contribution < 1.29 is 28.5 Å². The summed E-state index contributed by atoms with van der Waals surface area (Å²) in [4.78, 5) is 28.4. The Hall–Kier alpha value is -2.71. The van der Waals surface area contributed by atoms with E-state index in [9.17, 15) is 9.59 Å². The lowest BCUT2D eigenvalue weighted by molar-refractivity contribution is -0.119. The first-order valence-electron chi connectivity index (χ1n) is 7.90. The zero-order valence-corrected chi connectivity index (χ0v) is 17.1. The molecule has 0 aliphatic heterocycles. The third kappa shape index (κ3) is 4.96. The number of rotatable bonds is 7. The first-order valence-corrected chi connectivity index (χ1v) is 8.65. The normalized spacial score (nSPS) is 10.2. The second kappa shape index (κ2) is 9.48. The van der Waals surface area contributed by atoms with Crippen molar-refractivity contribution >= 4 is 40.9 Å². The average molecular weight is 429 g/mol. The molecule has 0 saturated heterocycles. The van der Waals surface area contributed by atoms with E-state index in [4.69, 9.17) is 42.1 Å². The van der Waals surface area contributed by atoms with Crippen LogP contribution < -0.4 is 19.5 Å². The summed E-state index contributed by atoms with van der Waals surface area (Å²) >= 11 is 11.9. The zero-order valence-electron chi connectivity index (χ0n) is 15.6. The van der Waals surface area contributed by atoms with Gasteiger partial charge in [0.1, 0.15) is 0 Å². The number of halogens is 2. The van der Waals surface area contributed by atoms with Crippen molar-refractivity contribution in [2.45, 2.75) is 6.92 Å². The summed E-state index contributed by atoms with van der Waals surface area (Å²) in [6, 6.07) is 4.30. The third-order valence-corrected chi connectivity index (χ3v) is 4.27. The van der Waals surface area contributed by atoms with Crippen LogP contribution in [0.1, 0.15) is 16.1 Å². The van der Waals surface area contributed by atoms with Gasteiger partial charge in [-0.2, -0.15) is 0 Å². The van der Waals surface area contributed by atoms with Gasteiger partial charge in [-0.3, -0.25) is 4.79 Å². The van der Waals surface area contributed by atoms with E-state index in [0.29, 0.717) is 16.5 Å². The molecule has 150 valence electrons. The van der Waals surface area contributed by atoms with Gasteiger partial charge in [0.2, 0.25) is 5.75 Å². The number of ether oxygens (including phenoxy) is 4. The summed E-state index contributed by atoms with van der Waals surface area (Å²) in [6.07, 6.45) is 0. The van der Waals surface area contributed by atoms with Crippen molar-refractivity contribution in [1.29, 1.82) is 0 Å². The van der Waals surface area contributed by atoms with Gasteiger partial charge in [-0.1, -0.05) is 23.2 Å². The lowest BCUT2D eigenvalue weighted by Crippen LogP contribution is -2.22. The van der Waals surface area contributed by atoms with E-state index in [0.717, 1.165) is 0 Å². The molecular weight excluding hydrogens is 411 g/mol. The molecule has 2 aromatic rings. The molecule has 0 radical (unpaired) electrons. The van der Waals surface area contributed by atoms with Crippen LogP contribution in [0.15, 0.2) is 18.2 Å². The average Bonchev–Trinajstić information content (AvgIpc) is 2.68. The van der Waals surface area contributed by atoms with Crippen LogP contribution >= 0.6 is 23.2 Å². The Labute approximate surface area is 171 Å². The number of esters is 1. The lowest BCUT2D eigenvalue weighted by Gasteiger charge is -2.14. The molecule has 0 bridgehead atoms. The van der Waals surface area contributed by atoms with Crippen molar-refractivity contribution in [3.05, 3.63) is 39.5 Å². The number of nitrogens with zero attached hydrogens (tertiary/aromatic N) is 1. The maximum absolute atomic E-state index is 12.3. The summed E-state index contributed by atoms with van der Waals surface area (Å²) in [6.45, 7) is 1.12. The number of carbonyl (C=O) groups excluding carboxylic acids is 2. The third-order valence-electron chi connectivity index (χ3n) is 3.60. The standard InChI is InChI=1S/C18H18Cl2N2O6/c1-9-11(19)7-12(20)17(21-9)22-15(23)8-28-18(24)10-5-13(25-2)16(27-4)14(6-10)26-3/h5-7H,8H2,1-4H3,(H,21,22,23). The molecular formula is C18H18Cl2N2O6. The van der Waals surface area contributed by atoms with Crippen molar-refractivity contribution in [3.8, 4) is 17.2 Å². The van der Waals surface area contributed by atoms with Gasteiger partial charge in [0, 0.05) is 0 Å². The molecule has 0 aliphatic carbocycles. The number of pyridine rings is 1. The number of hydrogen-bond donors (Lipinski definition) is 1. The maximum atomic E-state index is 12.3. The lowest BCUT2D eigenvalue weighted by atomic mass is 10.2. The summed E-state index contributed by atoms with van der Waals surface area (Å²) in [5, 5.41) is 3.00. The first kappa shape index (κ1) is 21.6. The number of nitrogens with one attached hydrogen (secondary N) is 1. The number of aryl methyl sites for hydroxylation is 1. The van der Waals surface area contributed by atoms with Gasteiger partial charge in [-0.15, -0.1) is 0 Å². The van der Waals surface area contributed by atoms with Crippen LogP contribution in [0.4, 0.5) is 5.82 Å². The molecule has 0 unspecified atom stereocenters. The van der Waals surface area contributed by atoms with E-state index >= 15 is 0 Å². The molecule has 28 heavy (non-hydrogen) atoms. The van der Waals surface area contributed by atoms with E-state index in [1.807, 2.05) is 0 Å². The minimum Gasteiger partial charge on any atom is -0.493 e. The number of hydrogen-bond acceptors (Lipinski definition) is 7. The fraction of sp³-hybridized carbons (Fsp3) is 0.278. The minimum absolute atomic E-state index is 0.123. The maximum Gasteiger partial charge on any atom is 0.338 e. The van der Waals surface area contributed by atoms with Crippen molar-refractivity contribution in [3.63, 3.8) is 0 Å². The summed E-state index contributed by atoms with van der Waals surface area (Å²) in [7, 11) is 4.29. The number of amides is 1. The molecule has 2 rings (SSSR count). The molecule has 0 fully saturated rings. The quantitative estimate of drug-likeness (QED) is 0.673. The molecule has 0 spiro atoms. The van der Waals surface area contributed by atoms with Crippen LogP contribution in [0.25, 0.3) is 0 Å². The molecule has 1 heterocycles. The largest absolute Gasteiger partial charge is 0.493 e. The van der Waals surface area contributed by atoms with Crippen molar-refractivity contribution in [2.75, 3.05) is 33.3 Å². The highest BCUT2D eigenvalue weighted by Crippen LogP contribution is 2.38. The zero-order chi connectivity index (χ0) is 20.8.